The molecule has 0 spiro atoms. The average molecular weight is 332 g/mol. The number of carbonyl (C=O) groups is 1. The number of nitrogens with zero attached hydrogens (tertiary/aromatic N) is 1. The molecular weight excluding hydrogens is 314 g/mol. The monoisotopic (exact) mass is 331 g/mol. The van der Waals surface area contributed by atoms with Crippen molar-refractivity contribution in [1.82, 2.24) is 4.98 Å². The van der Waals surface area contributed by atoms with Crippen LogP contribution in [0.5, 0.6) is 11.5 Å². The maximum atomic E-state index is 12.8. The zero-order chi connectivity index (χ0) is 16.4. The molecule has 0 saturated heterocycles. The molecule has 5 heteroatoms. The van der Waals surface area contributed by atoms with Crippen LogP contribution in [0.4, 0.5) is 0 Å². The standard InChI is InChI=1S/C18H18ClNO3/c1-22-16-8-11-3-4-13(7-12-5-6-20-10-15(12)19)18(21)14(11)9-17(16)23-2/h5-6,8-10,13H,3-4,7H2,1-2H3. The molecule has 4 nitrogen and oxygen atoms in total. The summed E-state index contributed by atoms with van der Waals surface area (Å²) in [5.74, 6) is 1.32. The van der Waals surface area contributed by atoms with Gasteiger partial charge in [0, 0.05) is 23.9 Å². The van der Waals surface area contributed by atoms with E-state index in [1.165, 1.54) is 0 Å². The van der Waals surface area contributed by atoms with E-state index in [0.717, 1.165) is 29.5 Å². The third-order valence-corrected chi connectivity index (χ3v) is 4.67. The molecule has 0 radical (unpaired) electrons. The van der Waals surface area contributed by atoms with Crippen LogP contribution in [-0.2, 0) is 12.8 Å². The Labute approximate surface area is 140 Å². The van der Waals surface area contributed by atoms with Gasteiger partial charge in [0.2, 0.25) is 0 Å². The number of fused-ring (bicyclic) bond motifs is 1. The molecule has 0 saturated carbocycles. The first-order chi connectivity index (χ1) is 11.1. The summed E-state index contributed by atoms with van der Waals surface area (Å²) in [5, 5.41) is 0.610. The summed E-state index contributed by atoms with van der Waals surface area (Å²) >= 11 is 6.17. The Hall–Kier alpha value is -2.07. The van der Waals surface area contributed by atoms with E-state index >= 15 is 0 Å². The normalized spacial score (nSPS) is 16.8. The Morgan fingerprint density at radius 3 is 2.70 bits per heavy atom. The van der Waals surface area contributed by atoms with Gasteiger partial charge in [0.1, 0.15) is 0 Å². The minimum Gasteiger partial charge on any atom is -0.493 e. The summed E-state index contributed by atoms with van der Waals surface area (Å²) < 4.78 is 10.6. The highest BCUT2D eigenvalue weighted by Gasteiger charge is 2.29. The fraction of sp³-hybridized carbons (Fsp3) is 0.333. The lowest BCUT2D eigenvalue weighted by Gasteiger charge is -2.25. The number of ketones is 1. The van der Waals surface area contributed by atoms with Crippen LogP contribution >= 0.6 is 11.6 Å². The summed E-state index contributed by atoms with van der Waals surface area (Å²) in [6, 6.07) is 5.57. The molecule has 0 N–H and O–H groups in total. The molecule has 0 fully saturated rings. The number of halogens is 1. The third-order valence-electron chi connectivity index (χ3n) is 4.33. The molecule has 1 aromatic carbocycles. The van der Waals surface area contributed by atoms with Crippen molar-refractivity contribution < 1.29 is 14.3 Å². The number of Topliss-reactive ketones (excluding diaryl/α,β-unsaturated/α-hetero) is 1. The number of hydrogen-bond acceptors (Lipinski definition) is 4. The minimum absolute atomic E-state index is 0.0690. The van der Waals surface area contributed by atoms with Crippen molar-refractivity contribution in [3.05, 3.63) is 52.3 Å². The van der Waals surface area contributed by atoms with Crippen LogP contribution in [0.25, 0.3) is 0 Å². The zero-order valence-electron chi connectivity index (χ0n) is 13.1. The number of aromatic nitrogens is 1. The molecule has 0 bridgehead atoms. The van der Waals surface area contributed by atoms with Gasteiger partial charge in [-0.25, -0.2) is 0 Å². The molecule has 120 valence electrons. The van der Waals surface area contributed by atoms with Gasteiger partial charge in [0.25, 0.3) is 0 Å². The largest absolute Gasteiger partial charge is 0.493 e. The predicted molar refractivity (Wildman–Crippen MR) is 88.6 cm³/mol. The second-order valence-electron chi connectivity index (χ2n) is 5.64. The zero-order valence-corrected chi connectivity index (χ0v) is 13.9. The van der Waals surface area contributed by atoms with Gasteiger partial charge in [-0.05, 0) is 48.6 Å². The van der Waals surface area contributed by atoms with Crippen molar-refractivity contribution in [1.29, 1.82) is 0 Å². The lowest BCUT2D eigenvalue weighted by molar-refractivity contribution is 0.0901. The molecule has 0 amide bonds. The van der Waals surface area contributed by atoms with Gasteiger partial charge in [-0.2, -0.15) is 0 Å². The number of benzene rings is 1. The molecule has 2 aromatic rings. The molecule has 1 unspecified atom stereocenters. The van der Waals surface area contributed by atoms with Gasteiger partial charge in [-0.15, -0.1) is 0 Å². The molecule has 1 aromatic heterocycles. The first-order valence-corrected chi connectivity index (χ1v) is 7.89. The summed E-state index contributed by atoms with van der Waals surface area (Å²) in [6.45, 7) is 0. The smallest absolute Gasteiger partial charge is 0.166 e. The van der Waals surface area contributed by atoms with Crippen molar-refractivity contribution in [2.45, 2.75) is 19.3 Å². The highest BCUT2D eigenvalue weighted by atomic mass is 35.5. The highest BCUT2D eigenvalue weighted by Crippen LogP contribution is 2.36. The van der Waals surface area contributed by atoms with E-state index in [9.17, 15) is 4.79 Å². The number of rotatable bonds is 4. The lowest BCUT2D eigenvalue weighted by Crippen LogP contribution is -2.24. The number of aryl methyl sites for hydroxylation is 1. The molecule has 0 aliphatic heterocycles. The van der Waals surface area contributed by atoms with E-state index in [-0.39, 0.29) is 11.7 Å². The summed E-state index contributed by atoms with van der Waals surface area (Å²) in [7, 11) is 3.18. The van der Waals surface area contributed by atoms with Crippen LogP contribution in [0.1, 0.15) is 27.9 Å². The van der Waals surface area contributed by atoms with Crippen molar-refractivity contribution in [2.24, 2.45) is 5.92 Å². The van der Waals surface area contributed by atoms with Gasteiger partial charge < -0.3 is 9.47 Å². The second kappa shape index (κ2) is 6.59. The van der Waals surface area contributed by atoms with Crippen molar-refractivity contribution in [2.75, 3.05) is 14.2 Å². The van der Waals surface area contributed by atoms with Gasteiger partial charge in [0.05, 0.1) is 19.2 Å². The molecular formula is C18H18ClNO3. The molecule has 1 heterocycles. The number of methoxy groups -OCH3 is 2. The maximum Gasteiger partial charge on any atom is 0.166 e. The van der Waals surface area contributed by atoms with Crippen molar-refractivity contribution >= 4 is 17.4 Å². The molecule has 1 aliphatic rings. The molecule has 1 atom stereocenters. The topological polar surface area (TPSA) is 48.4 Å². The van der Waals surface area contributed by atoms with Gasteiger partial charge >= 0.3 is 0 Å². The lowest BCUT2D eigenvalue weighted by atomic mass is 9.79. The first-order valence-electron chi connectivity index (χ1n) is 7.51. The summed E-state index contributed by atoms with van der Waals surface area (Å²) in [6.07, 6.45) is 5.60. The minimum atomic E-state index is -0.0690. The van der Waals surface area contributed by atoms with E-state index < -0.39 is 0 Å². The molecule has 23 heavy (non-hydrogen) atoms. The van der Waals surface area contributed by atoms with E-state index in [0.29, 0.717) is 22.9 Å². The Morgan fingerprint density at radius 1 is 1.26 bits per heavy atom. The predicted octanol–water partition coefficient (Wildman–Crippen LogP) is 3.74. The summed E-state index contributed by atoms with van der Waals surface area (Å²) in [5.41, 5.74) is 2.71. The third kappa shape index (κ3) is 3.04. The molecule has 1 aliphatic carbocycles. The second-order valence-corrected chi connectivity index (χ2v) is 6.04. The van der Waals surface area contributed by atoms with Gasteiger partial charge in [-0.3, -0.25) is 9.78 Å². The van der Waals surface area contributed by atoms with Crippen LogP contribution in [-0.4, -0.2) is 25.0 Å². The Balaban J connectivity index is 1.90. The van der Waals surface area contributed by atoms with Crippen LogP contribution < -0.4 is 9.47 Å². The SMILES string of the molecule is COc1cc2c(cc1OC)C(=O)C(Cc1ccncc1Cl)CC2. The Kier molecular flexibility index (Phi) is 4.53. The van der Waals surface area contributed by atoms with E-state index in [1.807, 2.05) is 12.1 Å². The van der Waals surface area contributed by atoms with Crippen molar-refractivity contribution in [3.8, 4) is 11.5 Å². The van der Waals surface area contributed by atoms with Crippen LogP contribution in [0.3, 0.4) is 0 Å². The number of ether oxygens (including phenoxy) is 2. The van der Waals surface area contributed by atoms with Gasteiger partial charge in [0.15, 0.2) is 17.3 Å². The van der Waals surface area contributed by atoms with E-state index in [2.05, 4.69) is 4.98 Å². The highest BCUT2D eigenvalue weighted by molar-refractivity contribution is 6.31. The van der Waals surface area contributed by atoms with Crippen LogP contribution in [0.2, 0.25) is 5.02 Å². The Bertz CT molecular complexity index is 745. The fourth-order valence-corrected chi connectivity index (χ4v) is 3.26. The van der Waals surface area contributed by atoms with Gasteiger partial charge in [-0.1, -0.05) is 11.6 Å². The van der Waals surface area contributed by atoms with E-state index in [1.54, 1.807) is 32.7 Å². The Morgan fingerprint density at radius 2 is 2.00 bits per heavy atom. The van der Waals surface area contributed by atoms with E-state index in [4.69, 9.17) is 21.1 Å². The fourth-order valence-electron chi connectivity index (χ4n) is 3.07. The number of pyridine rings is 1. The first kappa shape index (κ1) is 15.8. The van der Waals surface area contributed by atoms with Crippen LogP contribution in [0, 0.1) is 5.92 Å². The molecule has 3 rings (SSSR count). The average Bonchev–Trinajstić information content (AvgIpc) is 2.58. The summed E-state index contributed by atoms with van der Waals surface area (Å²) in [4.78, 5) is 16.8. The van der Waals surface area contributed by atoms with Crippen LogP contribution in [0.15, 0.2) is 30.6 Å². The van der Waals surface area contributed by atoms with Crippen molar-refractivity contribution in [3.63, 3.8) is 0 Å². The number of hydrogen-bond donors (Lipinski definition) is 0. The quantitative estimate of drug-likeness (QED) is 0.856. The maximum absolute atomic E-state index is 12.8. The number of carbonyl (C=O) groups excluding carboxylic acids is 1.